The fraction of sp³-hybridized carbons (Fsp3) is 0.0588. The molecule has 40 heavy (non-hydrogen) atoms. The molecule has 6 heteroatoms. The molecule has 5 aromatic carbocycles. The number of aromatic nitrogens is 4. The molecule has 0 aliphatic carbocycles. The van der Waals surface area contributed by atoms with Gasteiger partial charge in [0.2, 0.25) is 0 Å². The first-order valence-corrected chi connectivity index (χ1v) is 13.2. The van der Waals surface area contributed by atoms with Gasteiger partial charge in [-0.05, 0) is 102 Å². The average molecular weight is 523 g/mol. The molecule has 0 saturated carbocycles. The van der Waals surface area contributed by atoms with E-state index < -0.39 is 0 Å². The van der Waals surface area contributed by atoms with Gasteiger partial charge >= 0.3 is 0 Å². The Bertz CT molecular complexity index is 1920. The van der Waals surface area contributed by atoms with Crippen LogP contribution in [0.5, 0.6) is 17.2 Å². The summed E-state index contributed by atoms with van der Waals surface area (Å²) in [6.07, 6.45) is 0.808. The van der Waals surface area contributed by atoms with E-state index in [1.807, 2.05) is 78.9 Å². The molecule has 2 heterocycles. The lowest BCUT2D eigenvalue weighted by molar-refractivity contribution is 0.415. The van der Waals surface area contributed by atoms with Crippen LogP contribution in [0, 0.1) is 0 Å². The molecule has 0 atom stereocenters. The van der Waals surface area contributed by atoms with E-state index in [1.54, 1.807) is 7.11 Å². The number of imidazole rings is 2. The molecule has 0 aliphatic rings. The zero-order valence-electron chi connectivity index (χ0n) is 21.9. The van der Waals surface area contributed by atoms with Crippen LogP contribution in [0.25, 0.3) is 44.8 Å². The molecule has 7 aromatic rings. The minimum Gasteiger partial charge on any atom is -0.497 e. The van der Waals surface area contributed by atoms with E-state index in [2.05, 4.69) is 46.4 Å². The Morgan fingerprint density at radius 2 is 1.05 bits per heavy atom. The molecule has 0 saturated heterocycles. The lowest BCUT2D eigenvalue weighted by Crippen LogP contribution is -1.88. The Morgan fingerprint density at radius 3 is 1.57 bits per heavy atom. The molecule has 7 rings (SSSR count). The first kappa shape index (κ1) is 23.7. The smallest absolute Gasteiger partial charge is 0.138 e. The fourth-order valence-electron chi connectivity index (χ4n) is 4.90. The van der Waals surface area contributed by atoms with E-state index in [9.17, 15) is 0 Å². The van der Waals surface area contributed by atoms with Crippen LogP contribution < -0.4 is 9.47 Å². The van der Waals surface area contributed by atoms with Gasteiger partial charge in [-0.1, -0.05) is 30.3 Å². The Kier molecular flexibility index (Phi) is 5.98. The largest absolute Gasteiger partial charge is 0.497 e. The van der Waals surface area contributed by atoms with Crippen LogP contribution in [-0.2, 0) is 6.42 Å². The van der Waals surface area contributed by atoms with Crippen molar-refractivity contribution in [2.45, 2.75) is 6.42 Å². The van der Waals surface area contributed by atoms with E-state index in [4.69, 9.17) is 19.4 Å². The van der Waals surface area contributed by atoms with Crippen molar-refractivity contribution in [1.82, 2.24) is 19.9 Å². The number of ether oxygens (including phenoxy) is 2. The number of hydrogen-bond acceptors (Lipinski definition) is 4. The monoisotopic (exact) mass is 522 g/mol. The summed E-state index contributed by atoms with van der Waals surface area (Å²) in [5, 5.41) is 0. The maximum Gasteiger partial charge on any atom is 0.138 e. The first-order valence-electron chi connectivity index (χ1n) is 13.2. The average Bonchev–Trinajstić information content (AvgIpc) is 3.62. The maximum atomic E-state index is 5.92. The molecule has 2 aromatic heterocycles. The van der Waals surface area contributed by atoms with E-state index in [1.165, 1.54) is 11.1 Å². The van der Waals surface area contributed by atoms with Crippen molar-refractivity contribution in [2.75, 3.05) is 7.11 Å². The second kappa shape index (κ2) is 10.1. The topological polar surface area (TPSA) is 75.8 Å². The molecule has 2 N–H and O–H groups in total. The summed E-state index contributed by atoms with van der Waals surface area (Å²) in [4.78, 5) is 16.5. The summed E-state index contributed by atoms with van der Waals surface area (Å²) in [6, 6.07) is 38.5. The normalized spacial score (nSPS) is 11.2. The number of nitrogens with one attached hydrogen (secondary N) is 2. The van der Waals surface area contributed by atoms with Gasteiger partial charge in [-0.25, -0.2) is 9.97 Å². The number of fused-ring (bicyclic) bond motifs is 2. The molecular formula is C34H26N4O2. The molecular weight excluding hydrogens is 496 g/mol. The quantitative estimate of drug-likeness (QED) is 0.221. The Morgan fingerprint density at radius 1 is 0.550 bits per heavy atom. The number of methoxy groups -OCH3 is 1. The number of aromatic amines is 2. The van der Waals surface area contributed by atoms with Gasteiger partial charge in [0.25, 0.3) is 0 Å². The third-order valence-corrected chi connectivity index (χ3v) is 6.97. The molecule has 194 valence electrons. The van der Waals surface area contributed by atoms with Crippen molar-refractivity contribution < 1.29 is 9.47 Å². The summed E-state index contributed by atoms with van der Waals surface area (Å²) in [6.45, 7) is 0. The summed E-state index contributed by atoms with van der Waals surface area (Å²) < 4.78 is 11.2. The first-order chi connectivity index (χ1) is 19.7. The molecule has 0 fully saturated rings. The third-order valence-electron chi connectivity index (χ3n) is 6.97. The number of hydrogen-bond donors (Lipinski definition) is 2. The van der Waals surface area contributed by atoms with Gasteiger partial charge in [0, 0.05) is 11.1 Å². The van der Waals surface area contributed by atoms with Crippen LogP contribution in [0.2, 0.25) is 0 Å². The van der Waals surface area contributed by atoms with E-state index in [0.29, 0.717) is 0 Å². The second-order valence-corrected chi connectivity index (χ2v) is 9.72. The summed E-state index contributed by atoms with van der Waals surface area (Å²) >= 11 is 0. The predicted molar refractivity (Wildman–Crippen MR) is 159 cm³/mol. The lowest BCUT2D eigenvalue weighted by Gasteiger charge is -2.05. The highest BCUT2D eigenvalue weighted by atomic mass is 16.5. The number of rotatable bonds is 7. The third kappa shape index (κ3) is 4.78. The van der Waals surface area contributed by atoms with Gasteiger partial charge in [0.15, 0.2) is 0 Å². The minimum absolute atomic E-state index is 0.790. The SMILES string of the molecule is COc1ccc(-c2nc3ccc(Cc4ccc5nc(-c6ccc(Oc7ccccc7)cc6)[nH]c5c4)cc3[nH]2)cc1. The van der Waals surface area contributed by atoms with Crippen LogP contribution >= 0.6 is 0 Å². The molecule has 0 unspecified atom stereocenters. The predicted octanol–water partition coefficient (Wildman–Crippen LogP) is 8.16. The van der Waals surface area contributed by atoms with Gasteiger partial charge in [-0.2, -0.15) is 0 Å². The highest BCUT2D eigenvalue weighted by molar-refractivity contribution is 5.81. The molecule has 0 spiro atoms. The van der Waals surface area contributed by atoms with Crippen molar-refractivity contribution in [3.63, 3.8) is 0 Å². The van der Waals surface area contributed by atoms with Crippen molar-refractivity contribution in [1.29, 1.82) is 0 Å². The Hall–Kier alpha value is -5.36. The highest BCUT2D eigenvalue weighted by Gasteiger charge is 2.10. The van der Waals surface area contributed by atoms with Crippen LogP contribution in [-0.4, -0.2) is 27.0 Å². The zero-order valence-corrected chi connectivity index (χ0v) is 21.9. The van der Waals surface area contributed by atoms with Crippen LogP contribution in [0.4, 0.5) is 0 Å². The molecule has 0 radical (unpaired) electrons. The fourth-order valence-corrected chi connectivity index (χ4v) is 4.90. The minimum atomic E-state index is 0.790. The van der Waals surface area contributed by atoms with Gasteiger partial charge in [-0.3, -0.25) is 0 Å². The number of para-hydroxylation sites is 1. The molecule has 0 bridgehead atoms. The highest BCUT2D eigenvalue weighted by Crippen LogP contribution is 2.28. The van der Waals surface area contributed by atoms with Crippen LogP contribution in [0.3, 0.4) is 0 Å². The Balaban J connectivity index is 1.09. The van der Waals surface area contributed by atoms with E-state index in [-0.39, 0.29) is 0 Å². The molecule has 0 amide bonds. The van der Waals surface area contributed by atoms with Gasteiger partial charge in [0.05, 0.1) is 29.2 Å². The van der Waals surface area contributed by atoms with Gasteiger partial charge in [0.1, 0.15) is 28.9 Å². The number of benzene rings is 5. The van der Waals surface area contributed by atoms with Crippen LogP contribution in [0.15, 0.2) is 115 Å². The van der Waals surface area contributed by atoms with Crippen molar-refractivity contribution in [3.8, 4) is 40.0 Å². The lowest BCUT2D eigenvalue weighted by atomic mass is 10.0. The van der Waals surface area contributed by atoms with Gasteiger partial charge in [-0.15, -0.1) is 0 Å². The van der Waals surface area contributed by atoms with Crippen LogP contribution in [0.1, 0.15) is 11.1 Å². The summed E-state index contributed by atoms with van der Waals surface area (Å²) in [7, 11) is 1.67. The molecule has 0 aliphatic heterocycles. The standard InChI is InChI=1S/C34H26N4O2/c1-39-26-13-9-24(10-14-26)33-35-29-17-7-22(20-31(29)37-33)19-23-8-18-30-32(21-23)38-34(36-30)25-11-15-28(16-12-25)40-27-5-3-2-4-6-27/h2-18,20-21H,19H2,1H3,(H,35,37)(H,36,38). The zero-order chi connectivity index (χ0) is 26.9. The molecule has 6 nitrogen and oxygen atoms in total. The maximum absolute atomic E-state index is 5.92. The summed E-state index contributed by atoms with van der Waals surface area (Å²) in [5.74, 6) is 4.12. The van der Waals surface area contributed by atoms with E-state index in [0.717, 1.165) is 68.5 Å². The Labute approximate surface area is 231 Å². The second-order valence-electron chi connectivity index (χ2n) is 9.72. The van der Waals surface area contributed by atoms with Crippen molar-refractivity contribution in [2.24, 2.45) is 0 Å². The van der Waals surface area contributed by atoms with Crippen molar-refractivity contribution in [3.05, 3.63) is 126 Å². The van der Waals surface area contributed by atoms with E-state index >= 15 is 0 Å². The number of nitrogens with zero attached hydrogens (tertiary/aromatic N) is 2. The van der Waals surface area contributed by atoms with Gasteiger partial charge < -0.3 is 19.4 Å². The van der Waals surface area contributed by atoms with Crippen molar-refractivity contribution >= 4 is 22.1 Å². The number of H-pyrrole nitrogens is 2. The summed E-state index contributed by atoms with van der Waals surface area (Å²) in [5.41, 5.74) is 8.39.